The molecule has 1 fully saturated rings. The highest BCUT2D eigenvalue weighted by Gasteiger charge is 2.33. The predicted octanol–water partition coefficient (Wildman–Crippen LogP) is 2.21. The number of nitrogens with one attached hydrogen (secondary N) is 1. The summed E-state index contributed by atoms with van der Waals surface area (Å²) in [5.41, 5.74) is 0.800. The fraction of sp³-hybridized carbons (Fsp3) is 0.500. The van der Waals surface area contributed by atoms with Crippen molar-refractivity contribution < 1.29 is 4.39 Å². The molecule has 3 rings (SSSR count). The van der Waals surface area contributed by atoms with Crippen molar-refractivity contribution in [2.45, 2.75) is 24.9 Å². The minimum atomic E-state index is -1.14. The Bertz CT molecular complexity index is 555. The summed E-state index contributed by atoms with van der Waals surface area (Å²) in [6.45, 7) is 1.37. The molecule has 1 atom stereocenters. The second-order valence-corrected chi connectivity index (χ2v) is 5.20. The smallest absolute Gasteiger partial charge is 0.129 e. The molecule has 1 aromatic carbocycles. The number of aryl methyl sites for hydroxylation is 1. The van der Waals surface area contributed by atoms with Gasteiger partial charge in [0.25, 0.3) is 0 Å². The molecular weight excluding hydrogens is 229 g/mol. The molecule has 4 heteroatoms. The monoisotopic (exact) mass is 247 g/mol. The lowest BCUT2D eigenvalue weighted by Crippen LogP contribution is -2.43. The van der Waals surface area contributed by atoms with Crippen LogP contribution in [0, 0.1) is 0 Å². The summed E-state index contributed by atoms with van der Waals surface area (Å²) in [7, 11) is 1.91. The molecule has 0 amide bonds. The number of hydrogen-bond donors (Lipinski definition) is 1. The van der Waals surface area contributed by atoms with E-state index in [2.05, 4.69) is 10.4 Å². The van der Waals surface area contributed by atoms with Gasteiger partial charge >= 0.3 is 0 Å². The van der Waals surface area contributed by atoms with E-state index in [9.17, 15) is 4.39 Å². The molecule has 0 bridgehead atoms. The van der Waals surface area contributed by atoms with E-state index < -0.39 is 5.67 Å². The van der Waals surface area contributed by atoms with E-state index in [1.807, 2.05) is 36.0 Å². The van der Waals surface area contributed by atoms with Gasteiger partial charge in [0, 0.05) is 25.4 Å². The highest BCUT2D eigenvalue weighted by Crippen LogP contribution is 2.28. The number of hydrogen-bond acceptors (Lipinski definition) is 2. The van der Waals surface area contributed by atoms with Crippen LogP contribution in [0.25, 0.3) is 10.9 Å². The van der Waals surface area contributed by atoms with Crippen molar-refractivity contribution in [1.82, 2.24) is 15.1 Å². The maximum Gasteiger partial charge on any atom is 0.129 e. The zero-order valence-electron chi connectivity index (χ0n) is 10.6. The fourth-order valence-corrected chi connectivity index (χ4v) is 2.80. The lowest BCUT2D eigenvalue weighted by molar-refractivity contribution is 0.121. The Labute approximate surface area is 106 Å². The second-order valence-electron chi connectivity index (χ2n) is 5.20. The van der Waals surface area contributed by atoms with Crippen LogP contribution in [0.15, 0.2) is 24.3 Å². The van der Waals surface area contributed by atoms with Crippen LogP contribution in [-0.4, -0.2) is 28.5 Å². The number of benzene rings is 1. The molecule has 2 aromatic rings. The number of aromatic nitrogens is 2. The van der Waals surface area contributed by atoms with Gasteiger partial charge in [0.2, 0.25) is 0 Å². The van der Waals surface area contributed by atoms with Crippen LogP contribution in [0.3, 0.4) is 0 Å². The van der Waals surface area contributed by atoms with Crippen LogP contribution in [0.5, 0.6) is 0 Å². The third kappa shape index (κ3) is 2.01. The van der Waals surface area contributed by atoms with E-state index in [0.717, 1.165) is 29.6 Å². The van der Waals surface area contributed by atoms with E-state index in [-0.39, 0.29) is 0 Å². The maximum absolute atomic E-state index is 14.7. The Kier molecular flexibility index (Phi) is 2.82. The lowest BCUT2D eigenvalue weighted by Gasteiger charge is -2.29. The van der Waals surface area contributed by atoms with Gasteiger partial charge < -0.3 is 5.32 Å². The average molecular weight is 247 g/mol. The van der Waals surface area contributed by atoms with Crippen molar-refractivity contribution in [3.8, 4) is 0 Å². The van der Waals surface area contributed by atoms with Crippen LogP contribution in [0.2, 0.25) is 0 Å². The summed E-state index contributed by atoms with van der Waals surface area (Å²) in [6.07, 6.45) is 1.94. The van der Waals surface area contributed by atoms with E-state index in [0.29, 0.717) is 19.4 Å². The Balaban J connectivity index is 1.95. The first kappa shape index (κ1) is 11.7. The van der Waals surface area contributed by atoms with Crippen molar-refractivity contribution in [2.24, 2.45) is 7.05 Å². The molecule has 0 radical (unpaired) electrons. The summed E-state index contributed by atoms with van der Waals surface area (Å²) in [4.78, 5) is 0. The second kappa shape index (κ2) is 4.35. The first-order valence-electron chi connectivity index (χ1n) is 6.48. The van der Waals surface area contributed by atoms with Gasteiger partial charge in [-0.2, -0.15) is 5.10 Å². The van der Waals surface area contributed by atoms with Crippen molar-refractivity contribution in [2.75, 3.05) is 13.1 Å². The molecular formula is C14H18FN3. The Hall–Kier alpha value is -1.42. The molecule has 96 valence electrons. The summed E-state index contributed by atoms with van der Waals surface area (Å²) in [5, 5.41) is 8.69. The van der Waals surface area contributed by atoms with Gasteiger partial charge in [-0.15, -0.1) is 0 Å². The third-order valence-corrected chi connectivity index (χ3v) is 3.74. The van der Waals surface area contributed by atoms with Crippen molar-refractivity contribution in [1.29, 1.82) is 0 Å². The first-order chi connectivity index (χ1) is 8.68. The molecule has 1 N–H and O–H groups in total. The van der Waals surface area contributed by atoms with Crippen LogP contribution in [0.1, 0.15) is 18.5 Å². The number of fused-ring (bicyclic) bond motifs is 1. The average Bonchev–Trinajstić information content (AvgIpc) is 2.67. The zero-order valence-corrected chi connectivity index (χ0v) is 10.6. The van der Waals surface area contributed by atoms with E-state index in [4.69, 9.17) is 0 Å². The highest BCUT2D eigenvalue weighted by atomic mass is 19.1. The maximum atomic E-state index is 14.7. The Morgan fingerprint density at radius 1 is 1.44 bits per heavy atom. The summed E-state index contributed by atoms with van der Waals surface area (Å²) in [5.74, 6) is 0. The fourth-order valence-electron chi connectivity index (χ4n) is 2.80. The number of para-hydroxylation sites is 1. The topological polar surface area (TPSA) is 29.9 Å². The Morgan fingerprint density at radius 2 is 2.28 bits per heavy atom. The summed E-state index contributed by atoms with van der Waals surface area (Å²) < 4.78 is 16.5. The molecule has 1 aliphatic heterocycles. The van der Waals surface area contributed by atoms with Crippen LogP contribution >= 0.6 is 0 Å². The quantitative estimate of drug-likeness (QED) is 0.881. The number of alkyl halides is 1. The minimum Gasteiger partial charge on any atom is -0.314 e. The molecule has 1 unspecified atom stereocenters. The van der Waals surface area contributed by atoms with Gasteiger partial charge in [-0.3, -0.25) is 4.68 Å². The standard InChI is InChI=1S/C14H18FN3/c1-18-13-6-3-2-5-11(13)12(17-18)9-14(15)7-4-8-16-10-14/h2-3,5-6,16H,4,7-10H2,1H3. The van der Waals surface area contributed by atoms with E-state index >= 15 is 0 Å². The molecule has 3 nitrogen and oxygen atoms in total. The third-order valence-electron chi connectivity index (χ3n) is 3.74. The van der Waals surface area contributed by atoms with Crippen molar-refractivity contribution >= 4 is 10.9 Å². The van der Waals surface area contributed by atoms with Crippen LogP contribution in [0.4, 0.5) is 4.39 Å². The lowest BCUT2D eigenvalue weighted by atomic mass is 9.90. The zero-order chi connectivity index (χ0) is 12.6. The predicted molar refractivity (Wildman–Crippen MR) is 70.4 cm³/mol. The molecule has 18 heavy (non-hydrogen) atoms. The van der Waals surface area contributed by atoms with Crippen molar-refractivity contribution in [3.63, 3.8) is 0 Å². The summed E-state index contributed by atoms with van der Waals surface area (Å²) in [6, 6.07) is 8.02. The van der Waals surface area contributed by atoms with Gasteiger partial charge in [-0.25, -0.2) is 4.39 Å². The van der Waals surface area contributed by atoms with E-state index in [1.54, 1.807) is 0 Å². The van der Waals surface area contributed by atoms with Gasteiger partial charge in [-0.05, 0) is 25.5 Å². The van der Waals surface area contributed by atoms with Crippen LogP contribution in [-0.2, 0) is 13.5 Å². The van der Waals surface area contributed by atoms with Crippen molar-refractivity contribution in [3.05, 3.63) is 30.0 Å². The molecule has 0 saturated carbocycles. The number of piperidine rings is 1. The van der Waals surface area contributed by atoms with Gasteiger partial charge in [0.05, 0.1) is 11.2 Å². The molecule has 2 heterocycles. The molecule has 1 aromatic heterocycles. The van der Waals surface area contributed by atoms with E-state index in [1.165, 1.54) is 0 Å². The Morgan fingerprint density at radius 3 is 3.06 bits per heavy atom. The summed E-state index contributed by atoms with van der Waals surface area (Å²) >= 11 is 0. The largest absolute Gasteiger partial charge is 0.314 e. The molecule has 0 aliphatic carbocycles. The number of rotatable bonds is 2. The molecule has 1 aliphatic rings. The number of nitrogens with zero attached hydrogens (tertiary/aromatic N) is 2. The van der Waals surface area contributed by atoms with Gasteiger partial charge in [0.1, 0.15) is 5.67 Å². The minimum absolute atomic E-state index is 0.404. The van der Waals surface area contributed by atoms with Crippen LogP contribution < -0.4 is 5.32 Å². The SMILES string of the molecule is Cn1nc(CC2(F)CCCNC2)c2ccccc21. The molecule has 1 saturated heterocycles. The van der Waals surface area contributed by atoms with Gasteiger partial charge in [-0.1, -0.05) is 18.2 Å². The van der Waals surface area contributed by atoms with Gasteiger partial charge in [0.15, 0.2) is 0 Å². The molecule has 0 spiro atoms. The number of halogens is 1. The highest BCUT2D eigenvalue weighted by molar-refractivity contribution is 5.81. The normalized spacial score (nSPS) is 24.6. The first-order valence-corrected chi connectivity index (χ1v) is 6.48.